The first-order chi connectivity index (χ1) is 11.1. The molecule has 0 radical (unpaired) electrons. The van der Waals surface area contributed by atoms with E-state index in [4.69, 9.17) is 21.4 Å². The Kier molecular flexibility index (Phi) is 4.26. The van der Waals surface area contributed by atoms with E-state index in [2.05, 4.69) is 18.0 Å². The first-order valence-corrected chi connectivity index (χ1v) is 7.72. The predicted molar refractivity (Wildman–Crippen MR) is 96.5 cm³/mol. The molecule has 0 fully saturated rings. The molecule has 0 spiro atoms. The van der Waals surface area contributed by atoms with Crippen LogP contribution in [0.1, 0.15) is 18.1 Å². The van der Waals surface area contributed by atoms with Crippen LogP contribution in [-0.4, -0.2) is 12.0 Å². The van der Waals surface area contributed by atoms with Crippen LogP contribution < -0.4 is 10.3 Å². The fourth-order valence-corrected chi connectivity index (χ4v) is 2.51. The van der Waals surface area contributed by atoms with E-state index in [0.717, 1.165) is 32.8 Å². The van der Waals surface area contributed by atoms with Crippen molar-refractivity contribution in [2.45, 2.75) is 13.8 Å². The molecular formula is C19H17NO2S. The molecule has 0 N–H and O–H groups in total. The number of ether oxygens (including phenoxy) is 1. The van der Waals surface area contributed by atoms with Crippen LogP contribution in [0.4, 0.5) is 5.69 Å². The minimum Gasteiger partial charge on any atom is -0.497 e. The van der Waals surface area contributed by atoms with Gasteiger partial charge in [-0.1, -0.05) is 23.8 Å². The molecule has 0 amide bonds. The summed E-state index contributed by atoms with van der Waals surface area (Å²) in [7, 11) is 1.64. The number of rotatable bonds is 3. The Labute approximate surface area is 140 Å². The van der Waals surface area contributed by atoms with E-state index < -0.39 is 0 Å². The van der Waals surface area contributed by atoms with Crippen LogP contribution in [0.3, 0.4) is 0 Å². The van der Waals surface area contributed by atoms with Crippen molar-refractivity contribution in [2.24, 2.45) is 4.99 Å². The number of aryl methyl sites for hydroxylation is 1. The van der Waals surface area contributed by atoms with Gasteiger partial charge in [-0.05, 0) is 56.3 Å². The molecule has 3 rings (SSSR count). The standard InChI is InChI=1S/C19H17NO2S/c1-12-4-9-18-14(10-12)11-17(13(2)23)19(22-18)20-15-5-7-16(21-3)8-6-15/h4-11H,1-3H3. The van der Waals surface area contributed by atoms with Crippen molar-refractivity contribution in [1.82, 2.24) is 0 Å². The molecule has 1 heterocycles. The van der Waals surface area contributed by atoms with Gasteiger partial charge in [-0.25, -0.2) is 4.99 Å². The summed E-state index contributed by atoms with van der Waals surface area (Å²) < 4.78 is 11.1. The van der Waals surface area contributed by atoms with Crippen molar-refractivity contribution < 1.29 is 9.15 Å². The lowest BCUT2D eigenvalue weighted by Gasteiger charge is -2.04. The Hall–Kier alpha value is -2.46. The number of benzene rings is 2. The van der Waals surface area contributed by atoms with E-state index in [1.807, 2.05) is 49.4 Å². The van der Waals surface area contributed by atoms with Gasteiger partial charge in [-0.2, -0.15) is 0 Å². The fourth-order valence-electron chi connectivity index (χ4n) is 2.36. The van der Waals surface area contributed by atoms with Crippen LogP contribution in [0.2, 0.25) is 0 Å². The van der Waals surface area contributed by atoms with Gasteiger partial charge in [0.15, 0.2) is 0 Å². The maximum absolute atomic E-state index is 5.98. The SMILES string of the molecule is COc1ccc(N=c2oc3ccc(C)cc3cc2C(C)=S)cc1. The van der Waals surface area contributed by atoms with E-state index in [0.29, 0.717) is 5.55 Å². The van der Waals surface area contributed by atoms with Gasteiger partial charge >= 0.3 is 0 Å². The molecule has 0 saturated heterocycles. The van der Waals surface area contributed by atoms with E-state index in [9.17, 15) is 0 Å². The average molecular weight is 323 g/mol. The van der Waals surface area contributed by atoms with E-state index >= 15 is 0 Å². The first-order valence-electron chi connectivity index (χ1n) is 7.31. The van der Waals surface area contributed by atoms with Gasteiger partial charge < -0.3 is 9.15 Å². The summed E-state index contributed by atoms with van der Waals surface area (Å²) in [4.78, 5) is 5.35. The molecular weight excluding hydrogens is 306 g/mol. The fraction of sp³-hybridized carbons (Fsp3) is 0.158. The predicted octanol–water partition coefficient (Wildman–Crippen LogP) is 4.72. The van der Waals surface area contributed by atoms with E-state index in [1.54, 1.807) is 7.11 Å². The first kappa shape index (κ1) is 15.4. The van der Waals surface area contributed by atoms with Gasteiger partial charge in [0.1, 0.15) is 11.3 Å². The summed E-state index contributed by atoms with van der Waals surface area (Å²) in [5, 5.41) is 1.03. The zero-order chi connectivity index (χ0) is 16.4. The number of thiocarbonyl (C=S) groups is 1. The van der Waals surface area contributed by atoms with Crippen molar-refractivity contribution in [3.8, 4) is 5.75 Å². The molecule has 1 aromatic heterocycles. The Morgan fingerprint density at radius 1 is 1.09 bits per heavy atom. The largest absolute Gasteiger partial charge is 0.497 e. The molecule has 3 nitrogen and oxygen atoms in total. The summed E-state index contributed by atoms with van der Waals surface area (Å²) >= 11 is 5.36. The monoisotopic (exact) mass is 323 g/mol. The van der Waals surface area contributed by atoms with Gasteiger partial charge in [0.25, 0.3) is 0 Å². The maximum atomic E-state index is 5.98. The topological polar surface area (TPSA) is 34.7 Å². The molecule has 4 heteroatoms. The van der Waals surface area contributed by atoms with Gasteiger partial charge in [-0.15, -0.1) is 0 Å². The van der Waals surface area contributed by atoms with E-state index in [-0.39, 0.29) is 0 Å². The van der Waals surface area contributed by atoms with Gasteiger partial charge in [0, 0.05) is 10.3 Å². The minimum absolute atomic E-state index is 0.527. The molecule has 0 unspecified atom stereocenters. The van der Waals surface area contributed by atoms with Crippen LogP contribution >= 0.6 is 12.2 Å². The Morgan fingerprint density at radius 3 is 2.48 bits per heavy atom. The molecule has 0 atom stereocenters. The second-order valence-electron chi connectivity index (χ2n) is 5.37. The zero-order valence-electron chi connectivity index (χ0n) is 13.3. The van der Waals surface area contributed by atoms with Gasteiger partial charge in [0.05, 0.1) is 18.4 Å². The smallest absolute Gasteiger partial charge is 0.228 e. The lowest BCUT2D eigenvalue weighted by atomic mass is 10.1. The molecule has 116 valence electrons. The third-order valence-corrected chi connectivity index (χ3v) is 3.80. The van der Waals surface area contributed by atoms with Crippen LogP contribution in [0.25, 0.3) is 11.0 Å². The van der Waals surface area contributed by atoms with Crippen LogP contribution in [0.15, 0.2) is 57.9 Å². The summed E-state index contributed by atoms with van der Waals surface area (Å²) in [5.41, 5.74) is 4.13. The summed E-state index contributed by atoms with van der Waals surface area (Å²) in [6, 6.07) is 15.6. The molecule has 0 aliphatic carbocycles. The van der Waals surface area contributed by atoms with Crippen molar-refractivity contribution in [1.29, 1.82) is 0 Å². The summed E-state index contributed by atoms with van der Waals surface area (Å²) in [6.07, 6.45) is 0. The highest BCUT2D eigenvalue weighted by atomic mass is 32.1. The Balaban J connectivity index is 2.21. The van der Waals surface area contributed by atoms with Crippen LogP contribution in [0.5, 0.6) is 5.75 Å². The number of fused-ring (bicyclic) bond motifs is 1. The molecule has 0 aliphatic rings. The molecule has 0 bridgehead atoms. The lowest BCUT2D eigenvalue weighted by Crippen LogP contribution is -2.12. The van der Waals surface area contributed by atoms with Crippen LogP contribution in [-0.2, 0) is 0 Å². The number of methoxy groups -OCH3 is 1. The highest BCUT2D eigenvalue weighted by molar-refractivity contribution is 7.80. The number of hydrogen-bond donors (Lipinski definition) is 0. The normalized spacial score (nSPS) is 11.7. The number of hydrogen-bond acceptors (Lipinski definition) is 4. The van der Waals surface area contributed by atoms with Crippen molar-refractivity contribution in [3.63, 3.8) is 0 Å². The second kappa shape index (κ2) is 6.34. The van der Waals surface area contributed by atoms with Crippen molar-refractivity contribution in [2.75, 3.05) is 7.11 Å². The molecule has 3 aromatic rings. The van der Waals surface area contributed by atoms with Crippen LogP contribution in [0, 0.1) is 6.92 Å². The second-order valence-corrected chi connectivity index (χ2v) is 5.98. The molecule has 23 heavy (non-hydrogen) atoms. The Morgan fingerprint density at radius 2 is 1.83 bits per heavy atom. The van der Waals surface area contributed by atoms with Gasteiger partial charge in [0.2, 0.25) is 5.55 Å². The average Bonchev–Trinajstić information content (AvgIpc) is 2.55. The number of nitrogens with zero attached hydrogens (tertiary/aromatic N) is 1. The summed E-state index contributed by atoms with van der Waals surface area (Å²) in [6.45, 7) is 3.94. The zero-order valence-corrected chi connectivity index (χ0v) is 14.1. The van der Waals surface area contributed by atoms with Gasteiger partial charge in [-0.3, -0.25) is 0 Å². The highest BCUT2D eigenvalue weighted by Gasteiger charge is 2.06. The molecule has 2 aromatic carbocycles. The van der Waals surface area contributed by atoms with Crippen molar-refractivity contribution >= 4 is 33.7 Å². The third kappa shape index (κ3) is 3.32. The lowest BCUT2D eigenvalue weighted by molar-refractivity contribution is 0.415. The third-order valence-electron chi connectivity index (χ3n) is 3.58. The van der Waals surface area contributed by atoms with Crippen molar-refractivity contribution in [3.05, 3.63) is 65.2 Å². The Bertz CT molecular complexity index is 940. The molecule has 0 saturated carbocycles. The molecule has 0 aliphatic heterocycles. The quantitative estimate of drug-likeness (QED) is 0.517. The van der Waals surface area contributed by atoms with E-state index in [1.165, 1.54) is 5.56 Å². The highest BCUT2D eigenvalue weighted by Crippen LogP contribution is 2.19. The maximum Gasteiger partial charge on any atom is 0.228 e. The minimum atomic E-state index is 0.527. The summed E-state index contributed by atoms with van der Waals surface area (Å²) in [5.74, 6) is 0.793.